The van der Waals surface area contributed by atoms with Gasteiger partial charge in [0.2, 0.25) is 5.91 Å². The number of nitriles is 1. The van der Waals surface area contributed by atoms with Gasteiger partial charge in [0.1, 0.15) is 17.5 Å². The van der Waals surface area contributed by atoms with Crippen molar-refractivity contribution in [3.63, 3.8) is 0 Å². The Morgan fingerprint density at radius 3 is 2.42 bits per heavy atom. The summed E-state index contributed by atoms with van der Waals surface area (Å²) in [5.74, 6) is -1.33. The van der Waals surface area contributed by atoms with Crippen molar-refractivity contribution in [2.75, 3.05) is 31.7 Å². The van der Waals surface area contributed by atoms with Crippen molar-refractivity contribution >= 4 is 27.7 Å². The Balaban J connectivity index is 1.88. The van der Waals surface area contributed by atoms with E-state index in [2.05, 4.69) is 5.32 Å². The Bertz CT molecular complexity index is 1050. The van der Waals surface area contributed by atoms with Crippen LogP contribution in [0.25, 0.3) is 0 Å². The third-order valence-electron chi connectivity index (χ3n) is 6.23. The fraction of sp³-hybridized carbons (Fsp3) is 0.591. The van der Waals surface area contributed by atoms with Gasteiger partial charge in [-0.3, -0.25) is 14.5 Å². The van der Waals surface area contributed by atoms with Crippen LogP contribution < -0.4 is 10.2 Å². The van der Waals surface area contributed by atoms with E-state index in [0.29, 0.717) is 19.4 Å². The normalized spacial score (nSPS) is 25.9. The number of amides is 2. The average Bonchev–Trinajstić information content (AvgIpc) is 3.18. The van der Waals surface area contributed by atoms with E-state index in [4.69, 9.17) is 9.47 Å². The maximum atomic E-state index is 13.4. The van der Waals surface area contributed by atoms with Gasteiger partial charge in [0.25, 0.3) is 5.91 Å². The van der Waals surface area contributed by atoms with E-state index in [1.54, 1.807) is 0 Å². The van der Waals surface area contributed by atoms with Gasteiger partial charge < -0.3 is 19.7 Å². The molecular formula is C22H29F5N4O4S. The standard InChI is InChI=1S/C22H29F5N4O4S/c1-22(2)11-15(8-9-35-22)29-20(32)13-31(21(33)19-10-17(34-3)12-30(19)14-28)16-4-6-18(7-5-16)36(23,24,25,26)27/h4-7,15,17,19H,8-13H2,1-3H3,(H,29,32). The number of carbonyl (C=O) groups is 2. The lowest BCUT2D eigenvalue weighted by molar-refractivity contribution is -0.127. The predicted molar refractivity (Wildman–Crippen MR) is 123 cm³/mol. The third kappa shape index (κ3) is 6.77. The van der Waals surface area contributed by atoms with Crippen molar-refractivity contribution in [2.24, 2.45) is 0 Å². The Hall–Kier alpha value is -2.63. The molecule has 3 unspecified atom stereocenters. The highest BCUT2D eigenvalue weighted by Crippen LogP contribution is 3.02. The van der Waals surface area contributed by atoms with Gasteiger partial charge in [-0.15, -0.1) is 0 Å². The van der Waals surface area contributed by atoms with Crippen LogP contribution in [0.5, 0.6) is 0 Å². The van der Waals surface area contributed by atoms with Crippen molar-refractivity contribution in [1.29, 1.82) is 5.26 Å². The summed E-state index contributed by atoms with van der Waals surface area (Å²) in [4.78, 5) is 26.3. The minimum absolute atomic E-state index is 0.110. The Kier molecular flexibility index (Phi) is 7.02. The number of methoxy groups -OCH3 is 1. The Labute approximate surface area is 206 Å². The van der Waals surface area contributed by atoms with Crippen LogP contribution in [0.15, 0.2) is 29.2 Å². The monoisotopic (exact) mass is 540 g/mol. The second-order valence-electron chi connectivity index (χ2n) is 9.61. The highest BCUT2D eigenvalue weighted by molar-refractivity contribution is 8.45. The lowest BCUT2D eigenvalue weighted by atomic mass is 9.94. The Morgan fingerprint density at radius 1 is 1.25 bits per heavy atom. The van der Waals surface area contributed by atoms with Gasteiger partial charge in [-0.1, -0.05) is 19.4 Å². The second-order valence-corrected chi connectivity index (χ2v) is 12.0. The van der Waals surface area contributed by atoms with E-state index in [1.165, 1.54) is 7.11 Å². The first kappa shape index (κ1) is 27.9. The molecule has 0 radical (unpaired) electrons. The molecule has 0 spiro atoms. The van der Waals surface area contributed by atoms with E-state index in [0.717, 1.165) is 21.9 Å². The summed E-state index contributed by atoms with van der Waals surface area (Å²) >= 11 is 0. The van der Waals surface area contributed by atoms with E-state index in [1.807, 2.05) is 20.0 Å². The van der Waals surface area contributed by atoms with Crippen LogP contribution in [0.3, 0.4) is 0 Å². The molecule has 1 N–H and O–H groups in total. The van der Waals surface area contributed by atoms with Gasteiger partial charge >= 0.3 is 10.2 Å². The highest BCUT2D eigenvalue weighted by Gasteiger charge is 2.65. The molecule has 202 valence electrons. The fourth-order valence-electron chi connectivity index (χ4n) is 4.44. The number of hydrogen-bond acceptors (Lipinski definition) is 6. The number of halogens is 5. The van der Waals surface area contributed by atoms with Crippen molar-refractivity contribution in [3.05, 3.63) is 24.3 Å². The highest BCUT2D eigenvalue weighted by atomic mass is 32.5. The van der Waals surface area contributed by atoms with Crippen molar-refractivity contribution in [2.45, 2.75) is 61.8 Å². The van der Waals surface area contributed by atoms with Crippen molar-refractivity contribution < 1.29 is 38.5 Å². The second kappa shape index (κ2) is 9.04. The summed E-state index contributed by atoms with van der Waals surface area (Å²) in [5.41, 5.74) is -0.661. The number of carbonyl (C=O) groups excluding carboxylic acids is 2. The largest absolute Gasteiger partial charge is 0.379 e. The number of ether oxygens (including phenoxy) is 2. The molecule has 2 aliphatic heterocycles. The molecule has 2 saturated heterocycles. The Morgan fingerprint density at radius 2 is 1.89 bits per heavy atom. The average molecular weight is 541 g/mol. The lowest BCUT2D eigenvalue weighted by Gasteiger charge is -2.40. The molecule has 0 saturated carbocycles. The molecule has 0 aliphatic carbocycles. The van der Waals surface area contributed by atoms with Crippen molar-refractivity contribution in [1.82, 2.24) is 10.2 Å². The number of rotatable bonds is 7. The summed E-state index contributed by atoms with van der Waals surface area (Å²) in [6.45, 7) is 3.67. The number of likely N-dealkylation sites (tertiary alicyclic amines) is 1. The SMILES string of the molecule is COC1CC(C(=O)N(CC(=O)NC2CCOC(C)(C)C2)c2ccc(S(F)(F)(F)(F)F)cc2)N(C#N)C1. The topological polar surface area (TPSA) is 94.9 Å². The first-order valence-electron chi connectivity index (χ1n) is 11.2. The van der Waals surface area contributed by atoms with E-state index in [9.17, 15) is 34.3 Å². The van der Waals surface area contributed by atoms with Gasteiger partial charge in [0.15, 0.2) is 6.19 Å². The predicted octanol–water partition coefficient (Wildman–Crippen LogP) is 4.32. The van der Waals surface area contributed by atoms with Crippen LogP contribution in [-0.2, 0) is 19.1 Å². The first-order valence-corrected chi connectivity index (χ1v) is 13.2. The molecule has 14 heteroatoms. The first-order chi connectivity index (χ1) is 16.4. The van der Waals surface area contributed by atoms with E-state index < -0.39 is 51.2 Å². The van der Waals surface area contributed by atoms with Crippen LogP contribution in [0.2, 0.25) is 0 Å². The van der Waals surface area contributed by atoms with Crippen LogP contribution >= 0.6 is 10.2 Å². The lowest BCUT2D eigenvalue weighted by Crippen LogP contribution is -2.51. The van der Waals surface area contributed by atoms with Gasteiger partial charge in [-0.25, -0.2) is 0 Å². The smallest absolute Gasteiger partial charge is 0.310 e. The molecule has 1 aromatic carbocycles. The number of anilines is 1. The van der Waals surface area contributed by atoms with Crippen LogP contribution in [0.1, 0.15) is 33.1 Å². The number of benzene rings is 1. The molecule has 8 nitrogen and oxygen atoms in total. The van der Waals surface area contributed by atoms with Gasteiger partial charge in [0, 0.05) is 31.9 Å². The summed E-state index contributed by atoms with van der Waals surface area (Å²) in [5, 5.41) is 12.2. The summed E-state index contributed by atoms with van der Waals surface area (Å²) in [6.07, 6.45) is 2.58. The maximum absolute atomic E-state index is 13.4. The zero-order chi connectivity index (χ0) is 27.0. The minimum atomic E-state index is -9.93. The van der Waals surface area contributed by atoms with Crippen LogP contribution in [0, 0.1) is 11.5 Å². The summed E-state index contributed by atoms with van der Waals surface area (Å²) in [7, 11) is -8.52. The molecular weight excluding hydrogens is 511 g/mol. The molecule has 3 rings (SSSR count). The fourth-order valence-corrected chi connectivity index (χ4v) is 5.09. The molecule has 2 amide bonds. The molecule has 0 bridgehead atoms. The van der Waals surface area contributed by atoms with Gasteiger partial charge in [-0.2, -0.15) is 5.26 Å². The molecule has 36 heavy (non-hydrogen) atoms. The molecule has 2 fully saturated rings. The van der Waals surface area contributed by atoms with Gasteiger partial charge in [-0.05, 0) is 51.0 Å². The zero-order valence-electron chi connectivity index (χ0n) is 20.1. The molecule has 2 heterocycles. The molecule has 1 aromatic rings. The maximum Gasteiger partial charge on any atom is 0.310 e. The van der Waals surface area contributed by atoms with E-state index >= 15 is 0 Å². The van der Waals surface area contributed by atoms with E-state index in [-0.39, 0.29) is 36.8 Å². The quantitative estimate of drug-likeness (QED) is 0.409. The number of hydrogen-bond donors (Lipinski definition) is 1. The molecule has 2 aliphatic rings. The van der Waals surface area contributed by atoms with Crippen LogP contribution in [-0.4, -0.2) is 67.3 Å². The van der Waals surface area contributed by atoms with Gasteiger partial charge in [0.05, 0.1) is 18.2 Å². The number of nitrogens with one attached hydrogen (secondary N) is 1. The van der Waals surface area contributed by atoms with Crippen molar-refractivity contribution in [3.8, 4) is 6.19 Å². The summed E-state index contributed by atoms with van der Waals surface area (Å²) < 4.78 is 76.8. The third-order valence-corrected chi connectivity index (χ3v) is 7.40. The molecule has 3 atom stereocenters. The number of nitrogens with zero attached hydrogens (tertiary/aromatic N) is 3. The molecule has 0 aromatic heterocycles. The minimum Gasteiger partial charge on any atom is -0.379 e. The zero-order valence-corrected chi connectivity index (χ0v) is 20.9. The van der Waals surface area contributed by atoms with Crippen LogP contribution in [0.4, 0.5) is 25.1 Å². The summed E-state index contributed by atoms with van der Waals surface area (Å²) in [6, 6.07) is 0.513.